The van der Waals surface area contributed by atoms with E-state index in [-0.39, 0.29) is 11.5 Å². The first-order valence-corrected chi connectivity index (χ1v) is 3.79. The molecule has 0 aromatic heterocycles. The van der Waals surface area contributed by atoms with Gasteiger partial charge in [0.25, 0.3) is 0 Å². The molecule has 0 spiro atoms. The van der Waals surface area contributed by atoms with Crippen LogP contribution in [0.1, 0.15) is 5.56 Å². The van der Waals surface area contributed by atoms with Crippen molar-refractivity contribution < 1.29 is 19.8 Å². The SMILES string of the molecule is CON=C(C(=O)O)c1cccc(O)c1. The highest BCUT2D eigenvalue weighted by molar-refractivity contribution is 6.42. The van der Waals surface area contributed by atoms with Crippen molar-refractivity contribution in [3.8, 4) is 5.75 Å². The Morgan fingerprint density at radius 2 is 2.21 bits per heavy atom. The van der Waals surface area contributed by atoms with E-state index in [2.05, 4.69) is 9.99 Å². The van der Waals surface area contributed by atoms with Gasteiger partial charge in [0.2, 0.25) is 0 Å². The summed E-state index contributed by atoms with van der Waals surface area (Å²) < 4.78 is 0. The largest absolute Gasteiger partial charge is 0.508 e. The zero-order chi connectivity index (χ0) is 10.6. The molecule has 0 saturated carbocycles. The lowest BCUT2D eigenvalue weighted by Gasteiger charge is -2.00. The molecule has 2 N–H and O–H groups in total. The van der Waals surface area contributed by atoms with Gasteiger partial charge in [0, 0.05) is 5.56 Å². The standard InChI is InChI=1S/C9H9NO4/c1-14-10-8(9(12)13)6-3-2-4-7(11)5-6/h2-5,11H,1H3,(H,12,13). The lowest BCUT2D eigenvalue weighted by molar-refractivity contribution is -0.129. The number of carboxylic acid groups (broad SMARTS) is 1. The molecule has 0 aliphatic heterocycles. The van der Waals surface area contributed by atoms with E-state index in [1.165, 1.54) is 31.4 Å². The van der Waals surface area contributed by atoms with Gasteiger partial charge in [-0.15, -0.1) is 0 Å². The molecule has 0 aliphatic rings. The average Bonchev–Trinajstić information content (AvgIpc) is 2.13. The number of oxime groups is 1. The fraction of sp³-hybridized carbons (Fsp3) is 0.111. The van der Waals surface area contributed by atoms with Crippen molar-refractivity contribution >= 4 is 11.7 Å². The van der Waals surface area contributed by atoms with Crippen LogP contribution in [0.25, 0.3) is 0 Å². The van der Waals surface area contributed by atoms with E-state index >= 15 is 0 Å². The van der Waals surface area contributed by atoms with Gasteiger partial charge in [-0.05, 0) is 12.1 Å². The van der Waals surface area contributed by atoms with Crippen molar-refractivity contribution in [3.63, 3.8) is 0 Å². The smallest absolute Gasteiger partial charge is 0.358 e. The second-order valence-corrected chi connectivity index (χ2v) is 2.48. The van der Waals surface area contributed by atoms with Crippen molar-refractivity contribution in [2.75, 3.05) is 7.11 Å². The predicted octanol–water partition coefficient (Wildman–Crippen LogP) is 0.827. The molecule has 0 amide bonds. The number of aliphatic carboxylic acids is 1. The van der Waals surface area contributed by atoms with E-state index in [4.69, 9.17) is 10.2 Å². The molecular weight excluding hydrogens is 186 g/mol. The maximum absolute atomic E-state index is 10.7. The minimum atomic E-state index is -1.21. The highest BCUT2D eigenvalue weighted by Crippen LogP contribution is 2.12. The van der Waals surface area contributed by atoms with Crippen LogP contribution in [0, 0.1) is 0 Å². The van der Waals surface area contributed by atoms with Crippen LogP contribution in [-0.2, 0) is 9.63 Å². The fourth-order valence-corrected chi connectivity index (χ4v) is 0.960. The predicted molar refractivity (Wildman–Crippen MR) is 49.3 cm³/mol. The van der Waals surface area contributed by atoms with Gasteiger partial charge in [-0.3, -0.25) is 0 Å². The summed E-state index contributed by atoms with van der Waals surface area (Å²) >= 11 is 0. The quantitative estimate of drug-likeness (QED) is 0.553. The summed E-state index contributed by atoms with van der Waals surface area (Å²) in [5, 5.41) is 21.2. The van der Waals surface area contributed by atoms with Gasteiger partial charge in [0.15, 0.2) is 5.71 Å². The molecule has 0 atom stereocenters. The van der Waals surface area contributed by atoms with Crippen molar-refractivity contribution in [1.29, 1.82) is 0 Å². The summed E-state index contributed by atoms with van der Waals surface area (Å²) in [6, 6.07) is 5.78. The molecular formula is C9H9NO4. The number of phenolic OH excluding ortho intramolecular Hbond substituents is 1. The van der Waals surface area contributed by atoms with E-state index in [1.54, 1.807) is 0 Å². The lowest BCUT2D eigenvalue weighted by Crippen LogP contribution is -2.14. The summed E-state index contributed by atoms with van der Waals surface area (Å²) in [5.41, 5.74) is 0.0442. The van der Waals surface area contributed by atoms with E-state index in [0.29, 0.717) is 5.56 Å². The van der Waals surface area contributed by atoms with Crippen molar-refractivity contribution in [2.24, 2.45) is 5.16 Å². The Morgan fingerprint density at radius 1 is 1.50 bits per heavy atom. The van der Waals surface area contributed by atoms with Gasteiger partial charge in [-0.2, -0.15) is 0 Å². The number of phenols is 1. The highest BCUT2D eigenvalue weighted by Gasteiger charge is 2.13. The van der Waals surface area contributed by atoms with Gasteiger partial charge < -0.3 is 15.1 Å². The Hall–Kier alpha value is -2.04. The summed E-state index contributed by atoms with van der Waals surface area (Å²) in [5.74, 6) is -1.23. The molecule has 1 rings (SSSR count). The molecule has 14 heavy (non-hydrogen) atoms. The number of hydrogen-bond acceptors (Lipinski definition) is 4. The Bertz CT molecular complexity index is 373. The van der Waals surface area contributed by atoms with Gasteiger partial charge in [-0.25, -0.2) is 4.79 Å². The monoisotopic (exact) mass is 195 g/mol. The second kappa shape index (κ2) is 4.27. The van der Waals surface area contributed by atoms with Crippen LogP contribution >= 0.6 is 0 Å². The first-order valence-electron chi connectivity index (χ1n) is 3.79. The third-order valence-corrected chi connectivity index (χ3v) is 1.50. The number of aromatic hydroxyl groups is 1. The number of rotatable bonds is 3. The Labute approximate surface area is 80.2 Å². The molecule has 5 nitrogen and oxygen atoms in total. The van der Waals surface area contributed by atoms with E-state index in [0.717, 1.165) is 0 Å². The molecule has 0 unspecified atom stereocenters. The molecule has 0 bridgehead atoms. The molecule has 5 heteroatoms. The van der Waals surface area contributed by atoms with Gasteiger partial charge >= 0.3 is 5.97 Å². The lowest BCUT2D eigenvalue weighted by atomic mass is 10.1. The summed E-state index contributed by atoms with van der Waals surface area (Å²) in [4.78, 5) is 15.1. The molecule has 1 aromatic carbocycles. The number of nitrogens with zero attached hydrogens (tertiary/aromatic N) is 1. The number of hydrogen-bond donors (Lipinski definition) is 2. The minimum absolute atomic E-state index is 0.0208. The summed E-state index contributed by atoms with van der Waals surface area (Å²) in [6.07, 6.45) is 0. The topological polar surface area (TPSA) is 79.1 Å². The number of benzene rings is 1. The van der Waals surface area contributed by atoms with E-state index in [9.17, 15) is 4.79 Å². The van der Waals surface area contributed by atoms with Crippen LogP contribution in [0.15, 0.2) is 29.4 Å². The summed E-state index contributed by atoms with van der Waals surface area (Å²) in [6.45, 7) is 0. The molecule has 74 valence electrons. The minimum Gasteiger partial charge on any atom is -0.508 e. The van der Waals surface area contributed by atoms with Crippen molar-refractivity contribution in [2.45, 2.75) is 0 Å². The average molecular weight is 195 g/mol. The van der Waals surface area contributed by atoms with Crippen LogP contribution in [0.5, 0.6) is 5.75 Å². The first kappa shape index (κ1) is 10.0. The Balaban J connectivity index is 3.12. The molecule has 0 fully saturated rings. The van der Waals surface area contributed by atoms with Crippen LogP contribution in [0.3, 0.4) is 0 Å². The van der Waals surface area contributed by atoms with Gasteiger partial charge in [0.05, 0.1) is 0 Å². The van der Waals surface area contributed by atoms with E-state index < -0.39 is 5.97 Å². The third-order valence-electron chi connectivity index (χ3n) is 1.50. The molecule has 1 aromatic rings. The number of carbonyl (C=O) groups is 1. The van der Waals surface area contributed by atoms with E-state index in [1.807, 2.05) is 0 Å². The van der Waals surface area contributed by atoms with Gasteiger partial charge in [-0.1, -0.05) is 17.3 Å². The van der Waals surface area contributed by atoms with Crippen LogP contribution in [-0.4, -0.2) is 29.0 Å². The van der Waals surface area contributed by atoms with Crippen molar-refractivity contribution in [1.82, 2.24) is 0 Å². The van der Waals surface area contributed by atoms with Crippen LogP contribution in [0.2, 0.25) is 0 Å². The Morgan fingerprint density at radius 3 is 2.71 bits per heavy atom. The highest BCUT2D eigenvalue weighted by atomic mass is 16.6. The second-order valence-electron chi connectivity index (χ2n) is 2.48. The molecule has 0 aliphatic carbocycles. The van der Waals surface area contributed by atoms with Gasteiger partial charge in [0.1, 0.15) is 12.9 Å². The normalized spacial score (nSPS) is 11.1. The fourth-order valence-electron chi connectivity index (χ4n) is 0.960. The molecule has 0 saturated heterocycles. The van der Waals surface area contributed by atoms with Crippen molar-refractivity contribution in [3.05, 3.63) is 29.8 Å². The zero-order valence-corrected chi connectivity index (χ0v) is 7.47. The number of carboxylic acids is 1. The van der Waals surface area contributed by atoms with Crippen LogP contribution < -0.4 is 0 Å². The third kappa shape index (κ3) is 2.22. The summed E-state index contributed by atoms with van der Waals surface area (Å²) in [7, 11) is 1.26. The maximum atomic E-state index is 10.7. The first-order chi connectivity index (χ1) is 6.65. The zero-order valence-electron chi connectivity index (χ0n) is 7.47. The Kier molecular flexibility index (Phi) is 3.06. The van der Waals surface area contributed by atoms with Crippen LogP contribution in [0.4, 0.5) is 0 Å². The molecule has 0 heterocycles. The molecule has 0 radical (unpaired) electrons. The maximum Gasteiger partial charge on any atom is 0.358 e.